The first-order chi connectivity index (χ1) is 10.1. The first-order valence-corrected chi connectivity index (χ1v) is 7.45. The first kappa shape index (κ1) is 15.3. The Morgan fingerprint density at radius 1 is 1.33 bits per heavy atom. The zero-order valence-corrected chi connectivity index (χ0v) is 12.2. The molecule has 0 unspecified atom stereocenters. The van der Waals surface area contributed by atoms with E-state index in [9.17, 15) is 14.9 Å². The molecule has 114 valence electrons. The summed E-state index contributed by atoms with van der Waals surface area (Å²) in [5.74, 6) is -0.209. The summed E-state index contributed by atoms with van der Waals surface area (Å²) in [5.41, 5.74) is 0.907. The molecule has 1 aliphatic carbocycles. The number of carbonyl (C=O) groups excluding carboxylic acids is 1. The Hall–Kier alpha value is -2.11. The van der Waals surface area contributed by atoms with Gasteiger partial charge in [-0.2, -0.15) is 0 Å². The van der Waals surface area contributed by atoms with E-state index < -0.39 is 4.92 Å². The van der Waals surface area contributed by atoms with E-state index in [0.29, 0.717) is 17.8 Å². The van der Waals surface area contributed by atoms with Gasteiger partial charge in [0.25, 0.3) is 11.6 Å². The van der Waals surface area contributed by atoms with E-state index in [-0.39, 0.29) is 17.6 Å². The van der Waals surface area contributed by atoms with Gasteiger partial charge in [0, 0.05) is 24.2 Å². The molecular weight excluding hydrogens is 270 g/mol. The van der Waals surface area contributed by atoms with E-state index in [0.717, 1.165) is 25.7 Å². The minimum atomic E-state index is -0.410. The fraction of sp³-hybridized carbons (Fsp3) is 0.533. The molecule has 0 saturated heterocycles. The molecule has 0 bridgehead atoms. The van der Waals surface area contributed by atoms with Gasteiger partial charge in [-0.3, -0.25) is 14.9 Å². The minimum Gasteiger partial charge on any atom is -0.377 e. The summed E-state index contributed by atoms with van der Waals surface area (Å²) in [6.45, 7) is 2.37. The molecule has 6 heteroatoms. The zero-order valence-electron chi connectivity index (χ0n) is 12.2. The number of carbonyl (C=O) groups is 1. The highest BCUT2D eigenvalue weighted by Gasteiger charge is 2.20. The molecule has 0 heterocycles. The fourth-order valence-electron chi connectivity index (χ4n) is 2.68. The van der Waals surface area contributed by atoms with E-state index in [2.05, 4.69) is 10.6 Å². The summed E-state index contributed by atoms with van der Waals surface area (Å²) < 4.78 is 0. The second-order valence-corrected chi connectivity index (χ2v) is 5.33. The third-order valence-corrected chi connectivity index (χ3v) is 3.76. The standard InChI is InChI=1S/C15H21N3O3/c1-2-16-15(19)11-8-9-14(18(20)21)13(10-11)17-12-6-4-3-5-7-12/h8-10,12,17H,2-7H2,1H3,(H,16,19). The van der Waals surface area contributed by atoms with Crippen molar-refractivity contribution in [3.8, 4) is 0 Å². The second-order valence-electron chi connectivity index (χ2n) is 5.33. The summed E-state index contributed by atoms with van der Waals surface area (Å²) in [7, 11) is 0. The highest BCUT2D eigenvalue weighted by Crippen LogP contribution is 2.29. The Bertz CT molecular complexity index is 525. The van der Waals surface area contributed by atoms with Gasteiger partial charge in [-0.05, 0) is 31.9 Å². The molecule has 21 heavy (non-hydrogen) atoms. The lowest BCUT2D eigenvalue weighted by Gasteiger charge is -2.23. The van der Waals surface area contributed by atoms with Crippen LogP contribution in [0.25, 0.3) is 0 Å². The molecule has 6 nitrogen and oxygen atoms in total. The lowest BCUT2D eigenvalue weighted by molar-refractivity contribution is -0.384. The molecule has 1 aromatic carbocycles. The summed E-state index contributed by atoms with van der Waals surface area (Å²) >= 11 is 0. The van der Waals surface area contributed by atoms with Crippen molar-refractivity contribution in [1.82, 2.24) is 5.32 Å². The molecular formula is C15H21N3O3. The smallest absolute Gasteiger partial charge is 0.292 e. The van der Waals surface area contributed by atoms with Crippen LogP contribution in [0.4, 0.5) is 11.4 Å². The van der Waals surface area contributed by atoms with Crippen molar-refractivity contribution < 1.29 is 9.72 Å². The van der Waals surface area contributed by atoms with Gasteiger partial charge in [-0.15, -0.1) is 0 Å². The van der Waals surface area contributed by atoms with E-state index in [1.165, 1.54) is 18.6 Å². The van der Waals surface area contributed by atoms with Crippen LogP contribution in [-0.4, -0.2) is 23.4 Å². The number of nitrogens with one attached hydrogen (secondary N) is 2. The molecule has 0 aromatic heterocycles. The SMILES string of the molecule is CCNC(=O)c1ccc([N+](=O)[O-])c(NC2CCCCC2)c1. The van der Waals surface area contributed by atoms with Crippen LogP contribution in [0.5, 0.6) is 0 Å². The number of anilines is 1. The van der Waals surface area contributed by atoms with Crippen LogP contribution in [0.3, 0.4) is 0 Å². The largest absolute Gasteiger partial charge is 0.377 e. The van der Waals surface area contributed by atoms with Crippen molar-refractivity contribution in [3.05, 3.63) is 33.9 Å². The number of hydrogen-bond donors (Lipinski definition) is 2. The Kier molecular flexibility index (Phi) is 5.14. The third-order valence-electron chi connectivity index (χ3n) is 3.76. The van der Waals surface area contributed by atoms with Gasteiger partial charge in [0.2, 0.25) is 0 Å². The molecule has 0 atom stereocenters. The van der Waals surface area contributed by atoms with Gasteiger partial charge in [-0.1, -0.05) is 19.3 Å². The average molecular weight is 291 g/mol. The van der Waals surface area contributed by atoms with E-state index in [1.54, 1.807) is 6.07 Å². The Morgan fingerprint density at radius 2 is 2.05 bits per heavy atom. The van der Waals surface area contributed by atoms with E-state index >= 15 is 0 Å². The van der Waals surface area contributed by atoms with Gasteiger partial charge in [0.1, 0.15) is 5.69 Å². The number of nitro groups is 1. The van der Waals surface area contributed by atoms with Crippen LogP contribution >= 0.6 is 0 Å². The molecule has 1 amide bonds. The molecule has 1 saturated carbocycles. The molecule has 0 radical (unpaired) electrons. The second kappa shape index (κ2) is 7.06. The van der Waals surface area contributed by atoms with Gasteiger partial charge in [-0.25, -0.2) is 0 Å². The van der Waals surface area contributed by atoms with Crippen LogP contribution in [0, 0.1) is 10.1 Å². The number of rotatable bonds is 5. The normalized spacial score (nSPS) is 15.5. The monoisotopic (exact) mass is 291 g/mol. The molecule has 1 aromatic rings. The Balaban J connectivity index is 2.23. The van der Waals surface area contributed by atoms with Gasteiger partial charge in [0.05, 0.1) is 4.92 Å². The van der Waals surface area contributed by atoms with Crippen molar-refractivity contribution in [3.63, 3.8) is 0 Å². The number of nitro benzene ring substituents is 1. The maximum absolute atomic E-state index is 11.9. The summed E-state index contributed by atoms with van der Waals surface area (Å²) in [6, 6.07) is 4.73. The highest BCUT2D eigenvalue weighted by atomic mass is 16.6. The fourth-order valence-corrected chi connectivity index (χ4v) is 2.68. The summed E-state index contributed by atoms with van der Waals surface area (Å²) in [6.07, 6.45) is 5.53. The predicted molar refractivity (Wildman–Crippen MR) is 81.6 cm³/mol. The predicted octanol–water partition coefficient (Wildman–Crippen LogP) is 3.09. The molecule has 0 aliphatic heterocycles. The molecule has 2 rings (SSSR count). The quantitative estimate of drug-likeness (QED) is 0.645. The van der Waals surface area contributed by atoms with Gasteiger partial charge in [0.15, 0.2) is 0 Å². The number of amides is 1. The molecule has 2 N–H and O–H groups in total. The van der Waals surface area contributed by atoms with E-state index in [4.69, 9.17) is 0 Å². The van der Waals surface area contributed by atoms with E-state index in [1.807, 2.05) is 6.92 Å². The van der Waals surface area contributed by atoms with Crippen LogP contribution < -0.4 is 10.6 Å². The van der Waals surface area contributed by atoms with Crippen LogP contribution in [0.15, 0.2) is 18.2 Å². The lowest BCUT2D eigenvalue weighted by atomic mass is 9.95. The van der Waals surface area contributed by atoms with Crippen molar-refractivity contribution in [1.29, 1.82) is 0 Å². The summed E-state index contributed by atoms with van der Waals surface area (Å²) in [5, 5.41) is 17.1. The van der Waals surface area contributed by atoms with Gasteiger partial charge >= 0.3 is 0 Å². The number of hydrogen-bond acceptors (Lipinski definition) is 4. The number of benzene rings is 1. The maximum atomic E-state index is 11.9. The molecule has 1 aliphatic rings. The van der Waals surface area contributed by atoms with Gasteiger partial charge < -0.3 is 10.6 Å². The van der Waals surface area contributed by atoms with Crippen molar-refractivity contribution in [2.24, 2.45) is 0 Å². The van der Waals surface area contributed by atoms with Crippen LogP contribution in [-0.2, 0) is 0 Å². The van der Waals surface area contributed by atoms with Crippen molar-refractivity contribution >= 4 is 17.3 Å². The Morgan fingerprint density at radius 3 is 2.67 bits per heavy atom. The van der Waals surface area contributed by atoms with Crippen molar-refractivity contribution in [2.75, 3.05) is 11.9 Å². The highest BCUT2D eigenvalue weighted by molar-refractivity contribution is 5.95. The molecule has 0 spiro atoms. The third kappa shape index (κ3) is 3.93. The topological polar surface area (TPSA) is 84.3 Å². The zero-order chi connectivity index (χ0) is 15.2. The van der Waals surface area contributed by atoms with Crippen molar-refractivity contribution in [2.45, 2.75) is 45.1 Å². The number of nitrogens with zero attached hydrogens (tertiary/aromatic N) is 1. The van der Waals surface area contributed by atoms with Crippen LogP contribution in [0.1, 0.15) is 49.4 Å². The average Bonchev–Trinajstić information content (AvgIpc) is 2.48. The Labute approximate surface area is 124 Å². The lowest BCUT2D eigenvalue weighted by Crippen LogP contribution is -2.25. The summed E-state index contributed by atoms with van der Waals surface area (Å²) in [4.78, 5) is 22.6. The molecule has 1 fully saturated rings. The van der Waals surface area contributed by atoms with Crippen LogP contribution in [0.2, 0.25) is 0 Å². The first-order valence-electron chi connectivity index (χ1n) is 7.45. The maximum Gasteiger partial charge on any atom is 0.292 e. The minimum absolute atomic E-state index is 0.0219.